The van der Waals surface area contributed by atoms with Crippen LogP contribution in [0.4, 0.5) is 0 Å². The van der Waals surface area contributed by atoms with E-state index in [0.717, 1.165) is 16.1 Å². The number of hydrogen-bond acceptors (Lipinski definition) is 1. The van der Waals surface area contributed by atoms with Crippen molar-refractivity contribution in [3.8, 4) is 0 Å². The van der Waals surface area contributed by atoms with E-state index >= 15 is 0 Å². The molecule has 0 aliphatic carbocycles. The van der Waals surface area contributed by atoms with Gasteiger partial charge in [0.05, 0.1) is 6.04 Å². The zero-order chi connectivity index (χ0) is 13.3. The van der Waals surface area contributed by atoms with E-state index < -0.39 is 0 Å². The Morgan fingerprint density at radius 1 is 1.00 bits per heavy atom. The smallest absolute Gasteiger partial charge is 0.0557 e. The second-order valence-electron chi connectivity index (χ2n) is 4.79. The highest BCUT2D eigenvalue weighted by atomic mass is 35.5. The predicted molar refractivity (Wildman–Crippen MR) is 78.1 cm³/mol. The van der Waals surface area contributed by atoms with Crippen LogP contribution in [0.5, 0.6) is 0 Å². The number of halogens is 1. The Hall–Kier alpha value is -1.31. The van der Waals surface area contributed by atoms with E-state index in [9.17, 15) is 0 Å². The van der Waals surface area contributed by atoms with E-state index in [1.807, 2.05) is 25.1 Å². The van der Waals surface area contributed by atoms with Crippen LogP contribution in [0, 0.1) is 20.8 Å². The Labute approximate surface area is 114 Å². The highest BCUT2D eigenvalue weighted by Gasteiger charge is 2.14. The molecule has 0 saturated heterocycles. The van der Waals surface area contributed by atoms with Crippen LogP contribution in [0.3, 0.4) is 0 Å². The quantitative estimate of drug-likeness (QED) is 0.854. The van der Waals surface area contributed by atoms with Gasteiger partial charge < -0.3 is 5.73 Å². The Bertz CT molecular complexity index is 573. The first-order chi connectivity index (χ1) is 8.50. The molecule has 1 nitrogen and oxygen atoms in total. The van der Waals surface area contributed by atoms with Crippen molar-refractivity contribution >= 4 is 11.6 Å². The molecule has 1 unspecified atom stereocenters. The van der Waals surface area contributed by atoms with E-state index in [-0.39, 0.29) is 6.04 Å². The van der Waals surface area contributed by atoms with Gasteiger partial charge in [-0.25, -0.2) is 0 Å². The molecule has 2 N–H and O–H groups in total. The lowest BCUT2D eigenvalue weighted by atomic mass is 9.92. The lowest BCUT2D eigenvalue weighted by Gasteiger charge is -2.18. The van der Waals surface area contributed by atoms with E-state index in [2.05, 4.69) is 32.0 Å². The van der Waals surface area contributed by atoms with Gasteiger partial charge in [-0.15, -0.1) is 0 Å². The molecule has 0 radical (unpaired) electrons. The van der Waals surface area contributed by atoms with Gasteiger partial charge in [0.2, 0.25) is 0 Å². The van der Waals surface area contributed by atoms with Crippen LogP contribution >= 0.6 is 11.6 Å². The van der Waals surface area contributed by atoms with E-state index in [4.69, 9.17) is 17.3 Å². The molecule has 94 valence electrons. The summed E-state index contributed by atoms with van der Waals surface area (Å²) in [5.41, 5.74) is 12.2. The fraction of sp³-hybridized carbons (Fsp3) is 0.250. The van der Waals surface area contributed by atoms with Gasteiger partial charge in [0.1, 0.15) is 0 Å². The van der Waals surface area contributed by atoms with Gasteiger partial charge in [0.15, 0.2) is 0 Å². The van der Waals surface area contributed by atoms with E-state index in [1.165, 1.54) is 16.7 Å². The standard InChI is InChI=1S/C16H18ClN/c1-10-7-8-11(2)14(9-10)16(18)13-5-4-6-15(17)12(13)3/h4-9,16H,18H2,1-3H3. The maximum Gasteiger partial charge on any atom is 0.0557 e. The minimum Gasteiger partial charge on any atom is -0.320 e. The minimum atomic E-state index is -0.122. The molecule has 0 spiro atoms. The number of nitrogens with two attached hydrogens (primary N) is 1. The molecule has 0 fully saturated rings. The van der Waals surface area contributed by atoms with Crippen molar-refractivity contribution in [3.05, 3.63) is 69.2 Å². The summed E-state index contributed by atoms with van der Waals surface area (Å²) >= 11 is 6.16. The molecule has 2 aromatic rings. The first-order valence-corrected chi connectivity index (χ1v) is 6.46. The number of aryl methyl sites for hydroxylation is 2. The summed E-state index contributed by atoms with van der Waals surface area (Å²) in [7, 11) is 0. The van der Waals surface area contributed by atoms with Crippen LogP contribution in [0.25, 0.3) is 0 Å². The van der Waals surface area contributed by atoms with Crippen molar-refractivity contribution in [1.82, 2.24) is 0 Å². The Morgan fingerprint density at radius 3 is 2.44 bits per heavy atom. The van der Waals surface area contributed by atoms with Gasteiger partial charge in [-0.2, -0.15) is 0 Å². The monoisotopic (exact) mass is 259 g/mol. The molecule has 0 saturated carbocycles. The zero-order valence-electron chi connectivity index (χ0n) is 11.0. The second-order valence-corrected chi connectivity index (χ2v) is 5.20. The molecule has 2 aromatic carbocycles. The fourth-order valence-corrected chi connectivity index (χ4v) is 2.41. The van der Waals surface area contributed by atoms with Crippen LogP contribution < -0.4 is 5.73 Å². The molecule has 0 aromatic heterocycles. The Kier molecular flexibility index (Phi) is 3.74. The van der Waals surface area contributed by atoms with Crippen molar-refractivity contribution in [2.24, 2.45) is 5.73 Å². The summed E-state index contributed by atoms with van der Waals surface area (Å²) in [5, 5.41) is 0.772. The van der Waals surface area contributed by atoms with Crippen LogP contribution in [-0.4, -0.2) is 0 Å². The normalized spacial score (nSPS) is 12.5. The molecule has 0 heterocycles. The van der Waals surface area contributed by atoms with Crippen LogP contribution in [0.15, 0.2) is 36.4 Å². The molecule has 18 heavy (non-hydrogen) atoms. The number of hydrogen-bond donors (Lipinski definition) is 1. The molecule has 0 bridgehead atoms. The molecular weight excluding hydrogens is 242 g/mol. The first kappa shape index (κ1) is 13.1. The van der Waals surface area contributed by atoms with Crippen LogP contribution in [0.1, 0.15) is 33.9 Å². The average molecular weight is 260 g/mol. The maximum atomic E-state index is 6.40. The van der Waals surface area contributed by atoms with Crippen LogP contribution in [-0.2, 0) is 0 Å². The van der Waals surface area contributed by atoms with Gasteiger partial charge in [-0.05, 0) is 49.1 Å². The van der Waals surface area contributed by atoms with Crippen molar-refractivity contribution in [2.75, 3.05) is 0 Å². The third-order valence-electron chi connectivity index (χ3n) is 3.41. The summed E-state index contributed by atoms with van der Waals surface area (Å²) in [6, 6.07) is 12.2. The zero-order valence-corrected chi connectivity index (χ0v) is 11.8. The number of rotatable bonds is 2. The molecular formula is C16H18ClN. The van der Waals surface area contributed by atoms with Gasteiger partial charge in [-0.3, -0.25) is 0 Å². The van der Waals surface area contributed by atoms with Crippen molar-refractivity contribution in [2.45, 2.75) is 26.8 Å². The largest absolute Gasteiger partial charge is 0.320 e. The molecule has 0 aliphatic rings. The third-order valence-corrected chi connectivity index (χ3v) is 3.82. The summed E-state index contributed by atoms with van der Waals surface area (Å²) in [6.07, 6.45) is 0. The molecule has 2 rings (SSSR count). The molecule has 0 aliphatic heterocycles. The molecule has 0 amide bonds. The fourth-order valence-electron chi connectivity index (χ4n) is 2.22. The maximum absolute atomic E-state index is 6.40. The lowest BCUT2D eigenvalue weighted by molar-refractivity contribution is 0.851. The third kappa shape index (κ3) is 2.43. The highest BCUT2D eigenvalue weighted by molar-refractivity contribution is 6.31. The van der Waals surface area contributed by atoms with Gasteiger partial charge in [-0.1, -0.05) is 47.5 Å². The Morgan fingerprint density at radius 2 is 1.72 bits per heavy atom. The number of benzene rings is 2. The highest BCUT2D eigenvalue weighted by Crippen LogP contribution is 2.29. The van der Waals surface area contributed by atoms with Crippen molar-refractivity contribution < 1.29 is 0 Å². The second kappa shape index (κ2) is 5.13. The molecule has 1 atom stereocenters. The van der Waals surface area contributed by atoms with E-state index in [1.54, 1.807) is 0 Å². The first-order valence-electron chi connectivity index (χ1n) is 6.08. The topological polar surface area (TPSA) is 26.0 Å². The van der Waals surface area contributed by atoms with E-state index in [0.29, 0.717) is 0 Å². The van der Waals surface area contributed by atoms with Crippen LogP contribution in [0.2, 0.25) is 5.02 Å². The average Bonchev–Trinajstić information content (AvgIpc) is 2.35. The van der Waals surface area contributed by atoms with Crippen molar-refractivity contribution in [3.63, 3.8) is 0 Å². The summed E-state index contributed by atoms with van der Waals surface area (Å²) in [4.78, 5) is 0. The Balaban J connectivity index is 2.51. The summed E-state index contributed by atoms with van der Waals surface area (Å²) < 4.78 is 0. The minimum absolute atomic E-state index is 0.122. The van der Waals surface area contributed by atoms with Gasteiger partial charge in [0.25, 0.3) is 0 Å². The van der Waals surface area contributed by atoms with Crippen molar-refractivity contribution in [1.29, 1.82) is 0 Å². The summed E-state index contributed by atoms with van der Waals surface area (Å²) in [5.74, 6) is 0. The summed E-state index contributed by atoms with van der Waals surface area (Å²) in [6.45, 7) is 6.19. The van der Waals surface area contributed by atoms with Gasteiger partial charge >= 0.3 is 0 Å². The molecule has 2 heteroatoms. The lowest BCUT2D eigenvalue weighted by Crippen LogP contribution is -2.15. The SMILES string of the molecule is Cc1ccc(C)c(C(N)c2cccc(Cl)c2C)c1. The van der Waals surface area contributed by atoms with Gasteiger partial charge in [0, 0.05) is 5.02 Å². The predicted octanol–water partition coefficient (Wildman–Crippen LogP) is 4.31.